The Morgan fingerprint density at radius 2 is 2.25 bits per heavy atom. The van der Waals surface area contributed by atoms with Gasteiger partial charge in [0.2, 0.25) is 5.28 Å². The molecule has 0 aliphatic carbocycles. The lowest BCUT2D eigenvalue weighted by Gasteiger charge is -2.00. The Hall–Kier alpha value is -1.03. The van der Waals surface area contributed by atoms with Crippen molar-refractivity contribution < 1.29 is 4.79 Å². The fourth-order valence-corrected chi connectivity index (χ4v) is 0.831. The highest BCUT2D eigenvalue weighted by Crippen LogP contribution is 2.05. The fourth-order valence-electron chi connectivity index (χ4n) is 0.696. The van der Waals surface area contributed by atoms with Crippen LogP contribution >= 0.6 is 11.6 Å². The van der Waals surface area contributed by atoms with Gasteiger partial charge in [-0.2, -0.15) is 5.10 Å². The molecule has 0 unspecified atom stereocenters. The predicted molar refractivity (Wildman–Crippen MR) is 44.0 cm³/mol. The third kappa shape index (κ3) is 1.98. The van der Waals surface area contributed by atoms with Crippen LogP contribution in [-0.4, -0.2) is 21.0 Å². The number of aromatic nitrogens is 3. The van der Waals surface area contributed by atoms with Crippen molar-refractivity contribution in [3.63, 3.8) is 0 Å². The standard InChI is InChI=1S/C7H8ClN3O/c1-4(2)6(12)5-3-9-11-7(8)10-5/h3-4H,1-2H3. The van der Waals surface area contributed by atoms with Gasteiger partial charge in [-0.25, -0.2) is 4.98 Å². The Morgan fingerprint density at radius 3 is 2.75 bits per heavy atom. The maximum atomic E-state index is 11.3. The number of hydrogen-bond donors (Lipinski definition) is 0. The zero-order valence-corrected chi connectivity index (χ0v) is 7.54. The van der Waals surface area contributed by atoms with Gasteiger partial charge in [-0.1, -0.05) is 13.8 Å². The minimum Gasteiger partial charge on any atom is -0.292 e. The first-order chi connectivity index (χ1) is 5.61. The highest BCUT2D eigenvalue weighted by Gasteiger charge is 2.12. The van der Waals surface area contributed by atoms with E-state index in [-0.39, 0.29) is 22.7 Å². The third-order valence-electron chi connectivity index (χ3n) is 1.31. The number of rotatable bonds is 2. The second-order valence-electron chi connectivity index (χ2n) is 2.63. The van der Waals surface area contributed by atoms with Crippen LogP contribution in [0, 0.1) is 5.92 Å². The molecule has 1 aromatic rings. The maximum absolute atomic E-state index is 11.3. The third-order valence-corrected chi connectivity index (χ3v) is 1.47. The molecule has 12 heavy (non-hydrogen) atoms. The van der Waals surface area contributed by atoms with Crippen LogP contribution < -0.4 is 0 Å². The van der Waals surface area contributed by atoms with E-state index in [1.54, 1.807) is 13.8 Å². The smallest absolute Gasteiger partial charge is 0.243 e. The average molecular weight is 186 g/mol. The molecule has 4 nitrogen and oxygen atoms in total. The molecule has 1 rings (SSSR count). The number of halogens is 1. The number of ketones is 1. The SMILES string of the molecule is CC(C)C(=O)c1cnnc(Cl)n1. The van der Waals surface area contributed by atoms with Gasteiger partial charge in [0.05, 0.1) is 6.20 Å². The van der Waals surface area contributed by atoms with Gasteiger partial charge in [-0.3, -0.25) is 4.79 Å². The van der Waals surface area contributed by atoms with E-state index in [9.17, 15) is 4.79 Å². The van der Waals surface area contributed by atoms with Crippen LogP contribution in [0.2, 0.25) is 5.28 Å². The summed E-state index contributed by atoms with van der Waals surface area (Å²) in [7, 11) is 0. The normalized spacial score (nSPS) is 10.3. The summed E-state index contributed by atoms with van der Waals surface area (Å²) < 4.78 is 0. The van der Waals surface area contributed by atoms with E-state index in [0.29, 0.717) is 0 Å². The topological polar surface area (TPSA) is 55.7 Å². The van der Waals surface area contributed by atoms with Gasteiger partial charge in [0.15, 0.2) is 5.78 Å². The molecule has 1 aromatic heterocycles. The minimum atomic E-state index is -0.0993. The Kier molecular flexibility index (Phi) is 2.70. The maximum Gasteiger partial charge on any atom is 0.243 e. The van der Waals surface area contributed by atoms with Crippen LogP contribution in [0.5, 0.6) is 0 Å². The van der Waals surface area contributed by atoms with Gasteiger partial charge in [0.1, 0.15) is 5.69 Å². The lowest BCUT2D eigenvalue weighted by Crippen LogP contribution is -2.10. The van der Waals surface area contributed by atoms with Crippen molar-refractivity contribution in [1.82, 2.24) is 15.2 Å². The molecule has 1 heterocycles. The number of carbonyl (C=O) groups excluding carboxylic acids is 1. The summed E-state index contributed by atoms with van der Waals surface area (Å²) in [5.74, 6) is -0.176. The molecular formula is C7H8ClN3O. The Balaban J connectivity index is 2.96. The van der Waals surface area contributed by atoms with Crippen LogP contribution in [0.1, 0.15) is 24.3 Å². The van der Waals surface area contributed by atoms with Gasteiger partial charge in [0, 0.05) is 5.92 Å². The number of Topliss-reactive ketones (excluding diaryl/α,β-unsaturated/α-hetero) is 1. The Morgan fingerprint density at radius 1 is 1.58 bits per heavy atom. The monoisotopic (exact) mass is 185 g/mol. The van der Waals surface area contributed by atoms with Gasteiger partial charge in [0.25, 0.3) is 0 Å². The molecule has 0 aromatic carbocycles. The van der Waals surface area contributed by atoms with Crippen molar-refractivity contribution in [2.75, 3.05) is 0 Å². The second-order valence-corrected chi connectivity index (χ2v) is 2.97. The molecule has 0 saturated heterocycles. The lowest BCUT2D eigenvalue weighted by molar-refractivity contribution is 0.0933. The molecule has 0 saturated carbocycles. The van der Waals surface area contributed by atoms with Crippen molar-refractivity contribution in [2.45, 2.75) is 13.8 Å². The molecule has 0 radical (unpaired) electrons. The lowest BCUT2D eigenvalue weighted by atomic mass is 10.1. The van der Waals surface area contributed by atoms with Crippen molar-refractivity contribution >= 4 is 17.4 Å². The van der Waals surface area contributed by atoms with Gasteiger partial charge < -0.3 is 0 Å². The Bertz CT molecular complexity index is 300. The molecule has 0 amide bonds. The Labute approximate surface area is 75.0 Å². The molecular weight excluding hydrogens is 178 g/mol. The first-order valence-corrected chi connectivity index (χ1v) is 3.88. The number of carbonyl (C=O) groups is 1. The summed E-state index contributed by atoms with van der Waals surface area (Å²) in [6.07, 6.45) is 1.31. The van der Waals surface area contributed by atoms with E-state index >= 15 is 0 Å². The molecule has 0 N–H and O–H groups in total. The summed E-state index contributed by atoms with van der Waals surface area (Å²) in [5, 5.41) is 6.96. The van der Waals surface area contributed by atoms with Gasteiger partial charge in [-0.15, -0.1) is 5.10 Å². The van der Waals surface area contributed by atoms with Crippen molar-refractivity contribution in [3.05, 3.63) is 17.2 Å². The highest BCUT2D eigenvalue weighted by molar-refractivity contribution is 6.28. The van der Waals surface area contributed by atoms with Crippen molar-refractivity contribution in [1.29, 1.82) is 0 Å². The molecule has 0 bridgehead atoms. The van der Waals surface area contributed by atoms with E-state index in [1.807, 2.05) is 0 Å². The summed E-state index contributed by atoms with van der Waals surface area (Å²) in [4.78, 5) is 15.0. The summed E-state index contributed by atoms with van der Waals surface area (Å²) >= 11 is 5.46. The first kappa shape index (κ1) is 9.06. The van der Waals surface area contributed by atoms with E-state index in [0.717, 1.165) is 0 Å². The summed E-state index contributed by atoms with van der Waals surface area (Å²) in [5.41, 5.74) is 0.269. The molecule has 5 heteroatoms. The molecule has 0 atom stereocenters. The highest BCUT2D eigenvalue weighted by atomic mass is 35.5. The van der Waals surface area contributed by atoms with E-state index in [4.69, 9.17) is 11.6 Å². The largest absolute Gasteiger partial charge is 0.292 e. The fraction of sp³-hybridized carbons (Fsp3) is 0.429. The van der Waals surface area contributed by atoms with E-state index in [2.05, 4.69) is 15.2 Å². The van der Waals surface area contributed by atoms with Crippen LogP contribution in [0.4, 0.5) is 0 Å². The molecule has 64 valence electrons. The van der Waals surface area contributed by atoms with Crippen LogP contribution in [0.25, 0.3) is 0 Å². The van der Waals surface area contributed by atoms with Crippen molar-refractivity contribution in [2.24, 2.45) is 5.92 Å². The first-order valence-electron chi connectivity index (χ1n) is 3.50. The van der Waals surface area contributed by atoms with E-state index < -0.39 is 0 Å². The minimum absolute atomic E-state index is 0.00139. The van der Waals surface area contributed by atoms with E-state index in [1.165, 1.54) is 6.20 Å². The summed E-state index contributed by atoms with van der Waals surface area (Å²) in [6.45, 7) is 3.58. The second kappa shape index (κ2) is 3.58. The molecule has 0 aliphatic heterocycles. The van der Waals surface area contributed by atoms with Crippen LogP contribution in [0.15, 0.2) is 6.20 Å². The predicted octanol–water partition coefficient (Wildman–Crippen LogP) is 1.36. The molecule has 0 fully saturated rings. The number of hydrogen-bond acceptors (Lipinski definition) is 4. The summed E-state index contributed by atoms with van der Waals surface area (Å²) in [6, 6.07) is 0. The van der Waals surface area contributed by atoms with Gasteiger partial charge >= 0.3 is 0 Å². The van der Waals surface area contributed by atoms with Crippen LogP contribution in [-0.2, 0) is 0 Å². The van der Waals surface area contributed by atoms with Crippen LogP contribution in [0.3, 0.4) is 0 Å². The average Bonchev–Trinajstić information content (AvgIpc) is 2.03. The number of nitrogens with zero attached hydrogens (tertiary/aromatic N) is 3. The molecule has 0 spiro atoms. The van der Waals surface area contributed by atoms with Gasteiger partial charge in [-0.05, 0) is 11.6 Å². The zero-order valence-electron chi connectivity index (χ0n) is 6.78. The zero-order chi connectivity index (χ0) is 9.14. The van der Waals surface area contributed by atoms with Crippen molar-refractivity contribution in [3.8, 4) is 0 Å². The quantitative estimate of drug-likeness (QED) is 0.653. The molecule has 0 aliphatic rings.